The molecule has 0 aliphatic heterocycles. The number of hydrogen-bond acceptors (Lipinski definition) is 5. The third kappa shape index (κ3) is 4.66. The molecule has 1 atom stereocenters. The molecule has 146 valence electrons. The number of nitrogens with zero attached hydrogens (tertiary/aromatic N) is 3. The van der Waals surface area contributed by atoms with E-state index in [1.165, 1.54) is 11.8 Å². The minimum atomic E-state index is -0.344. The second-order valence-corrected chi connectivity index (χ2v) is 7.78. The van der Waals surface area contributed by atoms with Crippen molar-refractivity contribution < 1.29 is 9.53 Å². The quantitative estimate of drug-likeness (QED) is 0.563. The number of carbonyl (C=O) groups is 1. The highest BCUT2D eigenvalue weighted by atomic mass is 35.5. The van der Waals surface area contributed by atoms with Gasteiger partial charge in [0, 0.05) is 22.8 Å². The van der Waals surface area contributed by atoms with Crippen LogP contribution in [0.15, 0.2) is 53.7 Å². The number of carbonyl (C=O) groups excluding carboxylic acids is 1. The van der Waals surface area contributed by atoms with E-state index in [1.807, 2.05) is 42.7 Å². The van der Waals surface area contributed by atoms with Crippen molar-refractivity contribution in [2.24, 2.45) is 0 Å². The van der Waals surface area contributed by atoms with Gasteiger partial charge in [-0.05, 0) is 50.2 Å². The summed E-state index contributed by atoms with van der Waals surface area (Å²) in [5.41, 5.74) is 1.61. The van der Waals surface area contributed by atoms with Crippen molar-refractivity contribution in [3.05, 3.63) is 53.6 Å². The van der Waals surface area contributed by atoms with Crippen molar-refractivity contribution >= 4 is 35.0 Å². The Morgan fingerprint density at radius 3 is 2.64 bits per heavy atom. The molecule has 0 fully saturated rings. The lowest BCUT2D eigenvalue weighted by Crippen LogP contribution is -2.22. The maximum Gasteiger partial charge on any atom is 0.237 e. The van der Waals surface area contributed by atoms with E-state index < -0.39 is 0 Å². The molecule has 2 aromatic carbocycles. The molecular formula is C20H21ClN4O2S. The summed E-state index contributed by atoms with van der Waals surface area (Å²) in [6.07, 6.45) is 0. The van der Waals surface area contributed by atoms with Crippen LogP contribution in [-0.2, 0) is 11.3 Å². The maximum absolute atomic E-state index is 12.6. The molecule has 0 spiro atoms. The van der Waals surface area contributed by atoms with E-state index in [2.05, 4.69) is 15.5 Å². The highest BCUT2D eigenvalue weighted by Gasteiger charge is 2.20. The lowest BCUT2D eigenvalue weighted by Gasteiger charge is -2.13. The lowest BCUT2D eigenvalue weighted by atomic mass is 10.2. The number of aromatic nitrogens is 3. The Kier molecular flexibility index (Phi) is 6.59. The number of thioether (sulfide) groups is 1. The van der Waals surface area contributed by atoms with E-state index in [1.54, 1.807) is 31.4 Å². The summed E-state index contributed by atoms with van der Waals surface area (Å²) < 4.78 is 7.11. The fourth-order valence-corrected chi connectivity index (χ4v) is 3.74. The molecule has 0 bridgehead atoms. The summed E-state index contributed by atoms with van der Waals surface area (Å²) in [5, 5.41) is 12.5. The maximum atomic E-state index is 12.6. The van der Waals surface area contributed by atoms with Gasteiger partial charge in [-0.3, -0.25) is 4.79 Å². The zero-order valence-electron chi connectivity index (χ0n) is 15.8. The van der Waals surface area contributed by atoms with Crippen LogP contribution in [0.4, 0.5) is 5.69 Å². The minimum absolute atomic E-state index is 0.106. The first kappa shape index (κ1) is 20.2. The van der Waals surface area contributed by atoms with Gasteiger partial charge >= 0.3 is 0 Å². The normalized spacial score (nSPS) is 11.9. The number of amides is 1. The van der Waals surface area contributed by atoms with Gasteiger partial charge in [0.05, 0.1) is 12.4 Å². The van der Waals surface area contributed by atoms with Gasteiger partial charge in [0.1, 0.15) is 5.75 Å². The van der Waals surface area contributed by atoms with E-state index >= 15 is 0 Å². The van der Waals surface area contributed by atoms with Crippen LogP contribution in [0.2, 0.25) is 5.02 Å². The largest absolute Gasteiger partial charge is 0.497 e. The van der Waals surface area contributed by atoms with Crippen LogP contribution in [0.25, 0.3) is 11.4 Å². The Balaban J connectivity index is 1.72. The molecule has 0 aliphatic rings. The molecule has 1 aromatic heterocycles. The van der Waals surface area contributed by atoms with Gasteiger partial charge in [-0.25, -0.2) is 0 Å². The summed E-state index contributed by atoms with van der Waals surface area (Å²) >= 11 is 7.46. The number of hydrogen-bond donors (Lipinski definition) is 1. The van der Waals surface area contributed by atoms with Crippen LogP contribution in [0.1, 0.15) is 13.8 Å². The van der Waals surface area contributed by atoms with Crippen LogP contribution in [-0.4, -0.2) is 33.0 Å². The van der Waals surface area contributed by atoms with Gasteiger partial charge in [0.25, 0.3) is 0 Å². The first-order valence-electron chi connectivity index (χ1n) is 8.82. The van der Waals surface area contributed by atoms with Gasteiger partial charge < -0.3 is 14.6 Å². The molecule has 0 unspecified atom stereocenters. The molecule has 0 saturated heterocycles. The topological polar surface area (TPSA) is 69.0 Å². The van der Waals surface area contributed by atoms with Gasteiger partial charge in [-0.1, -0.05) is 35.5 Å². The van der Waals surface area contributed by atoms with Crippen molar-refractivity contribution in [1.82, 2.24) is 14.8 Å². The second kappa shape index (κ2) is 9.12. The Hall–Kier alpha value is -2.51. The molecule has 0 saturated carbocycles. The number of anilines is 1. The number of halogens is 1. The minimum Gasteiger partial charge on any atom is -0.497 e. The van der Waals surface area contributed by atoms with Crippen molar-refractivity contribution in [2.75, 3.05) is 12.4 Å². The molecule has 3 aromatic rings. The summed E-state index contributed by atoms with van der Waals surface area (Å²) in [5.74, 6) is 1.37. The van der Waals surface area contributed by atoms with Crippen molar-refractivity contribution in [3.8, 4) is 17.1 Å². The molecule has 3 rings (SSSR count). The van der Waals surface area contributed by atoms with E-state index in [0.29, 0.717) is 16.7 Å². The monoisotopic (exact) mass is 416 g/mol. The number of nitrogens with one attached hydrogen (secondary N) is 1. The van der Waals surface area contributed by atoms with E-state index in [9.17, 15) is 4.79 Å². The highest BCUT2D eigenvalue weighted by Crippen LogP contribution is 2.28. The molecule has 6 nitrogen and oxygen atoms in total. The first-order chi connectivity index (χ1) is 13.5. The average molecular weight is 417 g/mol. The summed E-state index contributed by atoms with van der Waals surface area (Å²) in [4.78, 5) is 12.6. The van der Waals surface area contributed by atoms with Gasteiger partial charge in [-0.15, -0.1) is 10.2 Å². The third-order valence-corrected chi connectivity index (χ3v) is 5.44. The molecule has 1 N–H and O–H groups in total. The zero-order valence-corrected chi connectivity index (χ0v) is 17.4. The van der Waals surface area contributed by atoms with Crippen LogP contribution >= 0.6 is 23.4 Å². The lowest BCUT2D eigenvalue weighted by molar-refractivity contribution is -0.115. The van der Waals surface area contributed by atoms with E-state index in [-0.39, 0.29) is 11.2 Å². The smallest absolute Gasteiger partial charge is 0.237 e. The van der Waals surface area contributed by atoms with Gasteiger partial charge in [0.15, 0.2) is 11.0 Å². The van der Waals surface area contributed by atoms with Crippen molar-refractivity contribution in [1.29, 1.82) is 0 Å². The SMILES string of the molecule is CCn1c(S[C@H](C)C(=O)Nc2ccc(OC)cc2)nnc1-c1cccc(Cl)c1. The second-order valence-electron chi connectivity index (χ2n) is 6.04. The van der Waals surface area contributed by atoms with Crippen molar-refractivity contribution in [2.45, 2.75) is 30.8 Å². The Labute approximate surface area is 173 Å². The molecule has 1 heterocycles. The highest BCUT2D eigenvalue weighted by molar-refractivity contribution is 8.00. The van der Waals surface area contributed by atoms with Crippen LogP contribution in [0, 0.1) is 0 Å². The standard InChI is InChI=1S/C20H21ClN4O2S/c1-4-25-18(14-6-5-7-15(21)12-14)23-24-20(25)28-13(2)19(26)22-16-8-10-17(27-3)11-9-16/h5-13H,4H2,1-3H3,(H,22,26)/t13-/m1/s1. The predicted molar refractivity (Wildman–Crippen MR) is 113 cm³/mol. The van der Waals surface area contributed by atoms with Crippen molar-refractivity contribution in [3.63, 3.8) is 0 Å². The Morgan fingerprint density at radius 2 is 2.00 bits per heavy atom. The fraction of sp³-hybridized carbons (Fsp3) is 0.250. The fourth-order valence-electron chi connectivity index (χ4n) is 2.63. The van der Waals surface area contributed by atoms with E-state index in [0.717, 1.165) is 22.8 Å². The summed E-state index contributed by atoms with van der Waals surface area (Å²) in [6, 6.07) is 14.7. The number of benzene rings is 2. The number of ether oxygens (including phenoxy) is 1. The molecule has 0 aliphatic carbocycles. The van der Waals surface area contributed by atoms with Crippen LogP contribution in [0.3, 0.4) is 0 Å². The molecular weight excluding hydrogens is 396 g/mol. The summed E-state index contributed by atoms with van der Waals surface area (Å²) in [7, 11) is 1.60. The van der Waals surface area contributed by atoms with E-state index in [4.69, 9.17) is 16.3 Å². The average Bonchev–Trinajstić information content (AvgIpc) is 3.11. The van der Waals surface area contributed by atoms with Crippen LogP contribution < -0.4 is 10.1 Å². The third-order valence-electron chi connectivity index (χ3n) is 4.12. The van der Waals surface area contributed by atoms with Gasteiger partial charge in [-0.2, -0.15) is 0 Å². The number of rotatable bonds is 7. The van der Waals surface area contributed by atoms with Crippen LogP contribution in [0.5, 0.6) is 5.75 Å². The molecule has 28 heavy (non-hydrogen) atoms. The molecule has 0 radical (unpaired) electrons. The number of methoxy groups -OCH3 is 1. The zero-order chi connectivity index (χ0) is 20.1. The summed E-state index contributed by atoms with van der Waals surface area (Å²) in [6.45, 7) is 4.55. The first-order valence-corrected chi connectivity index (χ1v) is 10.1. The van der Waals surface area contributed by atoms with Gasteiger partial charge in [0.2, 0.25) is 5.91 Å². The predicted octanol–water partition coefficient (Wildman–Crippen LogP) is 4.75. The Bertz CT molecular complexity index is 959. The molecule has 1 amide bonds. The Morgan fingerprint density at radius 1 is 1.25 bits per heavy atom. The molecule has 8 heteroatoms.